The minimum Gasteiger partial charge on any atom is -0.460 e. The van der Waals surface area contributed by atoms with E-state index in [2.05, 4.69) is 9.97 Å². The first-order chi connectivity index (χ1) is 11.6. The molecule has 0 atom stereocenters. The number of aryl methyl sites for hydroxylation is 1. The van der Waals surface area contributed by atoms with Gasteiger partial charge in [0.1, 0.15) is 6.10 Å². The second-order valence-electron chi connectivity index (χ2n) is 6.04. The second kappa shape index (κ2) is 7.62. The fourth-order valence-corrected chi connectivity index (χ4v) is 2.83. The lowest BCUT2D eigenvalue weighted by Gasteiger charge is -2.31. The highest BCUT2D eigenvalue weighted by Gasteiger charge is 2.24. The first-order valence-electron chi connectivity index (χ1n) is 8.07. The van der Waals surface area contributed by atoms with Crippen molar-refractivity contribution in [2.75, 3.05) is 13.1 Å². The van der Waals surface area contributed by atoms with Crippen molar-refractivity contribution in [2.45, 2.75) is 32.3 Å². The van der Waals surface area contributed by atoms with Gasteiger partial charge in [-0.1, -0.05) is 23.7 Å². The summed E-state index contributed by atoms with van der Waals surface area (Å²) in [5, 5.41) is 0.683. The molecule has 0 saturated carbocycles. The van der Waals surface area contributed by atoms with Gasteiger partial charge in [0.2, 0.25) is 5.91 Å². The molecular weight excluding hydrogens is 326 g/mol. The SMILES string of the molecule is Cc1cnc(OC2CCN(C(=O)Cc3ccc(Cl)cc3)CC2)nc1. The minimum atomic E-state index is 0.0623. The summed E-state index contributed by atoms with van der Waals surface area (Å²) in [7, 11) is 0. The highest BCUT2D eigenvalue weighted by atomic mass is 35.5. The lowest BCUT2D eigenvalue weighted by atomic mass is 10.1. The molecule has 126 valence electrons. The number of amides is 1. The fourth-order valence-electron chi connectivity index (χ4n) is 2.70. The van der Waals surface area contributed by atoms with Crippen molar-refractivity contribution in [1.29, 1.82) is 0 Å². The monoisotopic (exact) mass is 345 g/mol. The van der Waals surface area contributed by atoms with Gasteiger partial charge in [-0.05, 0) is 30.2 Å². The van der Waals surface area contributed by atoms with E-state index in [0.29, 0.717) is 30.5 Å². The van der Waals surface area contributed by atoms with Crippen LogP contribution < -0.4 is 4.74 Å². The third-order valence-corrected chi connectivity index (χ3v) is 4.34. The van der Waals surface area contributed by atoms with E-state index < -0.39 is 0 Å². The summed E-state index contributed by atoms with van der Waals surface area (Å²) >= 11 is 5.87. The summed E-state index contributed by atoms with van der Waals surface area (Å²) in [4.78, 5) is 22.6. The number of halogens is 1. The zero-order valence-corrected chi connectivity index (χ0v) is 14.4. The third-order valence-electron chi connectivity index (χ3n) is 4.09. The topological polar surface area (TPSA) is 55.3 Å². The maximum atomic E-state index is 12.4. The van der Waals surface area contributed by atoms with Crippen LogP contribution in [0.5, 0.6) is 6.01 Å². The lowest BCUT2D eigenvalue weighted by Crippen LogP contribution is -2.42. The average Bonchev–Trinajstić information content (AvgIpc) is 2.59. The molecule has 0 bridgehead atoms. The van der Waals surface area contributed by atoms with Gasteiger partial charge in [-0.3, -0.25) is 4.79 Å². The molecule has 1 amide bonds. The molecule has 1 aromatic carbocycles. The van der Waals surface area contributed by atoms with Gasteiger partial charge in [0.25, 0.3) is 0 Å². The van der Waals surface area contributed by atoms with Gasteiger partial charge < -0.3 is 9.64 Å². The van der Waals surface area contributed by atoms with Crippen LogP contribution in [-0.4, -0.2) is 40.0 Å². The Morgan fingerprint density at radius 3 is 2.46 bits per heavy atom. The highest BCUT2D eigenvalue weighted by Crippen LogP contribution is 2.17. The molecular formula is C18H20ClN3O2. The summed E-state index contributed by atoms with van der Waals surface area (Å²) in [6, 6.07) is 7.82. The van der Waals surface area contributed by atoms with Crippen LogP contribution in [0.2, 0.25) is 5.02 Å². The Labute approximate surface area is 146 Å². The summed E-state index contributed by atoms with van der Waals surface area (Å²) in [6.07, 6.45) is 5.55. The van der Waals surface area contributed by atoms with Crippen molar-refractivity contribution < 1.29 is 9.53 Å². The Hall–Kier alpha value is -2.14. The van der Waals surface area contributed by atoms with Crippen molar-refractivity contribution in [3.05, 3.63) is 52.8 Å². The number of carbonyl (C=O) groups is 1. The number of nitrogens with zero attached hydrogens (tertiary/aromatic N) is 3. The predicted molar refractivity (Wildman–Crippen MR) is 92.2 cm³/mol. The molecule has 1 aliphatic heterocycles. The molecule has 2 heterocycles. The molecule has 1 aliphatic rings. The van der Waals surface area contributed by atoms with Gasteiger partial charge >= 0.3 is 6.01 Å². The number of benzene rings is 1. The van der Waals surface area contributed by atoms with Crippen LogP contribution in [0.4, 0.5) is 0 Å². The van der Waals surface area contributed by atoms with Crippen LogP contribution in [-0.2, 0) is 11.2 Å². The Morgan fingerprint density at radius 1 is 1.21 bits per heavy atom. The van der Waals surface area contributed by atoms with Gasteiger partial charge in [-0.15, -0.1) is 0 Å². The van der Waals surface area contributed by atoms with E-state index in [0.717, 1.165) is 24.0 Å². The van der Waals surface area contributed by atoms with Crippen LogP contribution >= 0.6 is 11.6 Å². The quantitative estimate of drug-likeness (QED) is 0.854. The van der Waals surface area contributed by atoms with Crippen LogP contribution in [0.25, 0.3) is 0 Å². The Bertz CT molecular complexity index is 680. The zero-order chi connectivity index (χ0) is 16.9. The highest BCUT2D eigenvalue weighted by molar-refractivity contribution is 6.30. The van der Waals surface area contributed by atoms with E-state index in [1.807, 2.05) is 36.1 Å². The van der Waals surface area contributed by atoms with Crippen LogP contribution in [0.3, 0.4) is 0 Å². The molecule has 6 heteroatoms. The van der Waals surface area contributed by atoms with E-state index in [4.69, 9.17) is 16.3 Å². The Morgan fingerprint density at radius 2 is 1.83 bits per heavy atom. The smallest absolute Gasteiger partial charge is 0.316 e. The molecule has 0 aliphatic carbocycles. The molecule has 0 radical (unpaired) electrons. The zero-order valence-electron chi connectivity index (χ0n) is 13.6. The van der Waals surface area contributed by atoms with E-state index in [1.165, 1.54) is 0 Å². The van der Waals surface area contributed by atoms with Gasteiger partial charge in [0.05, 0.1) is 6.42 Å². The third kappa shape index (κ3) is 4.45. The number of hydrogen-bond acceptors (Lipinski definition) is 4. The molecule has 0 unspecified atom stereocenters. The number of aromatic nitrogens is 2. The van der Waals surface area contributed by atoms with Crippen molar-refractivity contribution in [2.24, 2.45) is 0 Å². The number of hydrogen-bond donors (Lipinski definition) is 0. The minimum absolute atomic E-state index is 0.0623. The predicted octanol–water partition coefficient (Wildman–Crippen LogP) is 3.05. The molecule has 1 aromatic heterocycles. The van der Waals surface area contributed by atoms with E-state index in [9.17, 15) is 4.79 Å². The van der Waals surface area contributed by atoms with E-state index in [-0.39, 0.29) is 12.0 Å². The first kappa shape index (κ1) is 16.7. The molecule has 24 heavy (non-hydrogen) atoms. The van der Waals surface area contributed by atoms with Crippen molar-refractivity contribution in [3.8, 4) is 6.01 Å². The molecule has 1 saturated heterocycles. The number of carbonyl (C=O) groups excluding carboxylic acids is 1. The van der Waals surface area contributed by atoms with Crippen molar-refractivity contribution in [1.82, 2.24) is 14.9 Å². The lowest BCUT2D eigenvalue weighted by molar-refractivity contribution is -0.132. The second-order valence-corrected chi connectivity index (χ2v) is 6.48. The molecule has 0 spiro atoms. The maximum Gasteiger partial charge on any atom is 0.316 e. The van der Waals surface area contributed by atoms with Crippen molar-refractivity contribution in [3.63, 3.8) is 0 Å². The molecule has 3 rings (SSSR count). The molecule has 5 nitrogen and oxygen atoms in total. The summed E-state index contributed by atoms with van der Waals surface area (Å²) < 4.78 is 5.79. The first-order valence-corrected chi connectivity index (χ1v) is 8.45. The largest absolute Gasteiger partial charge is 0.460 e. The van der Waals surface area contributed by atoms with Gasteiger partial charge in [0, 0.05) is 43.3 Å². The molecule has 0 N–H and O–H groups in total. The Balaban J connectivity index is 1.48. The maximum absolute atomic E-state index is 12.4. The van der Waals surface area contributed by atoms with Gasteiger partial charge in [0.15, 0.2) is 0 Å². The summed E-state index contributed by atoms with van der Waals surface area (Å²) in [5.41, 5.74) is 1.99. The number of likely N-dealkylation sites (tertiary alicyclic amines) is 1. The van der Waals surface area contributed by atoms with Crippen LogP contribution in [0, 0.1) is 6.92 Å². The fraction of sp³-hybridized carbons (Fsp3) is 0.389. The van der Waals surface area contributed by atoms with Crippen molar-refractivity contribution >= 4 is 17.5 Å². The van der Waals surface area contributed by atoms with Crippen LogP contribution in [0.15, 0.2) is 36.7 Å². The van der Waals surface area contributed by atoms with E-state index >= 15 is 0 Å². The van der Waals surface area contributed by atoms with Gasteiger partial charge in [-0.2, -0.15) is 0 Å². The Kier molecular flexibility index (Phi) is 5.30. The molecule has 1 fully saturated rings. The van der Waals surface area contributed by atoms with Crippen LogP contribution in [0.1, 0.15) is 24.0 Å². The average molecular weight is 346 g/mol. The number of piperidine rings is 1. The van der Waals surface area contributed by atoms with E-state index in [1.54, 1.807) is 12.4 Å². The number of rotatable bonds is 4. The standard InChI is InChI=1S/C18H20ClN3O2/c1-13-11-20-18(21-12-13)24-16-6-8-22(9-7-16)17(23)10-14-2-4-15(19)5-3-14/h2-5,11-12,16H,6-10H2,1H3. The summed E-state index contributed by atoms with van der Waals surface area (Å²) in [5.74, 6) is 0.141. The van der Waals surface area contributed by atoms with Gasteiger partial charge in [-0.25, -0.2) is 9.97 Å². The normalized spacial score (nSPS) is 15.3. The number of ether oxygens (including phenoxy) is 1. The molecule has 2 aromatic rings. The summed E-state index contributed by atoms with van der Waals surface area (Å²) in [6.45, 7) is 3.33.